The lowest BCUT2D eigenvalue weighted by Crippen LogP contribution is -2.46. The van der Waals surface area contributed by atoms with Gasteiger partial charge in [0, 0.05) is 50.6 Å². The third-order valence-electron chi connectivity index (χ3n) is 4.72. The highest BCUT2D eigenvalue weighted by Crippen LogP contribution is 2.30. The van der Waals surface area contributed by atoms with E-state index in [1.54, 1.807) is 0 Å². The second kappa shape index (κ2) is 7.89. The summed E-state index contributed by atoms with van der Waals surface area (Å²) in [5, 5.41) is 14.6. The molecule has 1 N–H and O–H groups in total. The second-order valence-electron chi connectivity index (χ2n) is 7.61. The van der Waals surface area contributed by atoms with Crippen molar-refractivity contribution in [1.29, 1.82) is 0 Å². The van der Waals surface area contributed by atoms with E-state index >= 15 is 0 Å². The molecule has 1 aliphatic rings. The first kappa shape index (κ1) is 20.6. The Morgan fingerprint density at radius 1 is 1.23 bits per heavy atom. The first-order valence-electron chi connectivity index (χ1n) is 8.65. The second-order valence-corrected chi connectivity index (χ2v) is 9.63. The molecule has 0 unspecified atom stereocenters. The number of nitrogens with zero attached hydrogens (tertiary/aromatic N) is 3. The minimum atomic E-state index is -3.49. The standard InChI is InChI=1S/C17H28N4O4S/c1-17(2,7-8-20-11-9-19(3)10-12-20)18-15-6-5-14(26(4,24)25)13-16(15)21(22)23/h5-6,13,18H,7-12H2,1-4H3. The van der Waals surface area contributed by atoms with Crippen molar-refractivity contribution in [1.82, 2.24) is 9.80 Å². The van der Waals surface area contributed by atoms with Crippen LogP contribution in [-0.4, -0.2) is 74.7 Å². The van der Waals surface area contributed by atoms with Crippen LogP contribution in [0.4, 0.5) is 11.4 Å². The van der Waals surface area contributed by atoms with Crippen molar-refractivity contribution in [3.05, 3.63) is 28.3 Å². The van der Waals surface area contributed by atoms with Gasteiger partial charge in [0.15, 0.2) is 9.84 Å². The summed E-state index contributed by atoms with van der Waals surface area (Å²) < 4.78 is 23.3. The van der Waals surface area contributed by atoms with Crippen molar-refractivity contribution < 1.29 is 13.3 Å². The van der Waals surface area contributed by atoms with E-state index in [0.29, 0.717) is 5.69 Å². The molecule has 0 saturated carbocycles. The molecule has 0 atom stereocenters. The van der Waals surface area contributed by atoms with Gasteiger partial charge in [-0.25, -0.2) is 8.42 Å². The normalized spacial score (nSPS) is 17.2. The number of nitrogens with one attached hydrogen (secondary N) is 1. The summed E-state index contributed by atoms with van der Waals surface area (Å²) in [6.45, 7) is 9.04. The van der Waals surface area contributed by atoms with E-state index < -0.39 is 14.8 Å². The van der Waals surface area contributed by atoms with Gasteiger partial charge in [-0.1, -0.05) is 0 Å². The molecule has 1 aliphatic heterocycles. The van der Waals surface area contributed by atoms with Crippen LogP contribution in [0.5, 0.6) is 0 Å². The summed E-state index contributed by atoms with van der Waals surface area (Å²) in [6.07, 6.45) is 1.86. The lowest BCUT2D eigenvalue weighted by molar-refractivity contribution is -0.384. The van der Waals surface area contributed by atoms with Gasteiger partial charge in [0.05, 0.1) is 9.82 Å². The zero-order chi connectivity index (χ0) is 19.5. The van der Waals surface area contributed by atoms with Crippen molar-refractivity contribution in [2.24, 2.45) is 0 Å². The van der Waals surface area contributed by atoms with Crippen molar-refractivity contribution >= 4 is 21.2 Å². The molecule has 1 heterocycles. The molecule has 1 aromatic rings. The zero-order valence-electron chi connectivity index (χ0n) is 15.9. The molecule has 0 spiro atoms. The molecule has 146 valence electrons. The largest absolute Gasteiger partial charge is 0.375 e. The third kappa shape index (κ3) is 5.65. The van der Waals surface area contributed by atoms with Crippen LogP contribution in [0.3, 0.4) is 0 Å². The van der Waals surface area contributed by atoms with Crippen LogP contribution >= 0.6 is 0 Å². The molecule has 2 rings (SSSR count). The van der Waals surface area contributed by atoms with E-state index in [9.17, 15) is 18.5 Å². The quantitative estimate of drug-likeness (QED) is 0.566. The van der Waals surface area contributed by atoms with Gasteiger partial charge in [0.2, 0.25) is 0 Å². The Morgan fingerprint density at radius 3 is 2.38 bits per heavy atom. The van der Waals surface area contributed by atoms with Gasteiger partial charge < -0.3 is 15.1 Å². The van der Waals surface area contributed by atoms with E-state index in [0.717, 1.165) is 51.5 Å². The van der Waals surface area contributed by atoms with Crippen LogP contribution in [0, 0.1) is 10.1 Å². The summed E-state index contributed by atoms with van der Waals surface area (Å²) in [5.74, 6) is 0. The molecular weight excluding hydrogens is 356 g/mol. The van der Waals surface area contributed by atoms with Gasteiger partial charge in [0.1, 0.15) is 5.69 Å². The summed E-state index contributed by atoms with van der Waals surface area (Å²) in [6, 6.07) is 4.00. The molecule has 9 heteroatoms. The summed E-state index contributed by atoms with van der Waals surface area (Å²) in [5.41, 5.74) is -0.243. The number of hydrogen-bond acceptors (Lipinski definition) is 7. The first-order valence-corrected chi connectivity index (χ1v) is 10.5. The maximum Gasteiger partial charge on any atom is 0.293 e. The van der Waals surface area contributed by atoms with Crippen LogP contribution in [-0.2, 0) is 9.84 Å². The first-order chi connectivity index (χ1) is 12.0. The summed E-state index contributed by atoms with van der Waals surface area (Å²) in [7, 11) is -1.38. The van der Waals surface area contributed by atoms with Gasteiger partial charge in [-0.3, -0.25) is 10.1 Å². The van der Waals surface area contributed by atoms with Gasteiger partial charge in [-0.2, -0.15) is 0 Å². The summed E-state index contributed by atoms with van der Waals surface area (Å²) in [4.78, 5) is 15.5. The van der Waals surface area contributed by atoms with Crippen molar-refractivity contribution in [3.63, 3.8) is 0 Å². The van der Waals surface area contributed by atoms with E-state index in [-0.39, 0.29) is 16.1 Å². The Labute approximate surface area is 155 Å². The fraction of sp³-hybridized carbons (Fsp3) is 0.647. The Morgan fingerprint density at radius 2 is 1.85 bits per heavy atom. The van der Waals surface area contributed by atoms with Crippen molar-refractivity contribution in [3.8, 4) is 0 Å². The summed E-state index contributed by atoms with van der Waals surface area (Å²) >= 11 is 0. The maximum atomic E-state index is 11.7. The highest BCUT2D eigenvalue weighted by Gasteiger charge is 2.25. The molecule has 1 fully saturated rings. The number of piperazine rings is 1. The van der Waals surface area contributed by atoms with Crippen LogP contribution in [0.1, 0.15) is 20.3 Å². The Balaban J connectivity index is 2.09. The smallest absolute Gasteiger partial charge is 0.293 e. The third-order valence-corrected chi connectivity index (χ3v) is 5.83. The molecule has 1 saturated heterocycles. The average molecular weight is 385 g/mol. The lowest BCUT2D eigenvalue weighted by Gasteiger charge is -2.35. The van der Waals surface area contributed by atoms with Crippen LogP contribution < -0.4 is 5.32 Å². The molecule has 0 amide bonds. The molecule has 0 radical (unpaired) electrons. The van der Waals surface area contributed by atoms with Gasteiger partial charge in [-0.15, -0.1) is 0 Å². The van der Waals surface area contributed by atoms with Crippen molar-refractivity contribution in [2.45, 2.75) is 30.7 Å². The number of sulfone groups is 1. The molecular formula is C17H28N4O4S. The van der Waals surface area contributed by atoms with Crippen LogP contribution in [0.2, 0.25) is 0 Å². The van der Waals surface area contributed by atoms with Crippen LogP contribution in [0.25, 0.3) is 0 Å². The Bertz CT molecular complexity index is 756. The monoisotopic (exact) mass is 384 g/mol. The SMILES string of the molecule is CN1CCN(CCC(C)(C)Nc2ccc(S(C)(=O)=O)cc2[N+](=O)[O-])CC1. The number of anilines is 1. The number of nitro benzene ring substituents is 1. The number of benzene rings is 1. The van der Waals surface area contributed by atoms with E-state index in [4.69, 9.17) is 0 Å². The molecule has 0 aliphatic carbocycles. The minimum absolute atomic E-state index is 0.0509. The van der Waals surface area contributed by atoms with E-state index in [1.165, 1.54) is 12.1 Å². The fourth-order valence-corrected chi connectivity index (χ4v) is 3.58. The number of rotatable bonds is 7. The van der Waals surface area contributed by atoms with Crippen LogP contribution in [0.15, 0.2) is 23.1 Å². The maximum absolute atomic E-state index is 11.7. The molecule has 1 aromatic carbocycles. The molecule has 0 aromatic heterocycles. The predicted octanol–water partition coefficient (Wildman–Crippen LogP) is 1.83. The number of hydrogen-bond donors (Lipinski definition) is 1. The molecule has 0 bridgehead atoms. The Kier molecular flexibility index (Phi) is 6.25. The average Bonchev–Trinajstić information content (AvgIpc) is 2.53. The topological polar surface area (TPSA) is 95.8 Å². The molecule has 26 heavy (non-hydrogen) atoms. The van der Waals surface area contributed by atoms with Gasteiger partial charge >= 0.3 is 0 Å². The fourth-order valence-electron chi connectivity index (χ4n) is 2.94. The van der Waals surface area contributed by atoms with E-state index in [1.807, 2.05) is 13.8 Å². The molecule has 8 nitrogen and oxygen atoms in total. The van der Waals surface area contributed by atoms with Crippen molar-refractivity contribution in [2.75, 3.05) is 51.3 Å². The lowest BCUT2D eigenvalue weighted by atomic mass is 9.99. The van der Waals surface area contributed by atoms with Gasteiger partial charge in [-0.05, 0) is 39.4 Å². The predicted molar refractivity (Wildman–Crippen MR) is 102 cm³/mol. The van der Waals surface area contributed by atoms with Gasteiger partial charge in [0.25, 0.3) is 5.69 Å². The number of likely N-dealkylation sites (N-methyl/N-ethyl adjacent to an activating group) is 1. The Hall–Kier alpha value is -1.71. The minimum Gasteiger partial charge on any atom is -0.375 e. The number of nitro groups is 1. The zero-order valence-corrected chi connectivity index (χ0v) is 16.7. The highest BCUT2D eigenvalue weighted by atomic mass is 32.2. The van der Waals surface area contributed by atoms with E-state index in [2.05, 4.69) is 22.2 Å². The highest BCUT2D eigenvalue weighted by molar-refractivity contribution is 7.90.